The van der Waals surface area contributed by atoms with E-state index in [1.54, 1.807) is 24.3 Å². The van der Waals surface area contributed by atoms with Gasteiger partial charge in [0, 0.05) is 25.3 Å². The number of hydrogen-bond donors (Lipinski definition) is 3. The van der Waals surface area contributed by atoms with E-state index in [4.69, 9.17) is 4.74 Å². The van der Waals surface area contributed by atoms with Gasteiger partial charge in [-0.1, -0.05) is 0 Å². The molecule has 1 aromatic carbocycles. The van der Waals surface area contributed by atoms with Crippen LogP contribution in [0.25, 0.3) is 22.2 Å². The fourth-order valence-corrected chi connectivity index (χ4v) is 4.29. The summed E-state index contributed by atoms with van der Waals surface area (Å²) in [4.78, 5) is 33.3. The van der Waals surface area contributed by atoms with Gasteiger partial charge in [0.05, 0.1) is 36.1 Å². The number of pyridine rings is 1. The van der Waals surface area contributed by atoms with Crippen molar-refractivity contribution in [3.63, 3.8) is 0 Å². The summed E-state index contributed by atoms with van der Waals surface area (Å²) in [5, 5.41) is 11.6. The van der Waals surface area contributed by atoms with Gasteiger partial charge in [0.25, 0.3) is 11.1 Å². The molecule has 0 amide bonds. The highest BCUT2D eigenvalue weighted by Gasteiger charge is 2.37. The topological polar surface area (TPSA) is 127 Å². The maximum atomic E-state index is 15.1. The zero-order valence-corrected chi connectivity index (χ0v) is 21.9. The van der Waals surface area contributed by atoms with Gasteiger partial charge in [-0.2, -0.15) is 18.3 Å². The van der Waals surface area contributed by atoms with Crippen LogP contribution in [-0.4, -0.2) is 44.4 Å². The number of anilines is 2. The van der Waals surface area contributed by atoms with Gasteiger partial charge >= 0.3 is 6.18 Å². The first-order valence-corrected chi connectivity index (χ1v) is 12.4. The third kappa shape index (κ3) is 6.05. The smallest absolute Gasteiger partial charge is 0.423 e. The summed E-state index contributed by atoms with van der Waals surface area (Å²) in [5.41, 5.74) is -3.39. The van der Waals surface area contributed by atoms with E-state index in [0.717, 1.165) is 12.3 Å². The lowest BCUT2D eigenvalue weighted by Gasteiger charge is -2.18. The largest absolute Gasteiger partial charge is 0.491 e. The molecule has 0 aliphatic heterocycles. The second-order valence-electron chi connectivity index (χ2n) is 9.05. The lowest BCUT2D eigenvalue weighted by atomic mass is 10.1. The van der Waals surface area contributed by atoms with Crippen LogP contribution >= 0.6 is 0 Å². The number of alkyl halides is 3. The second kappa shape index (κ2) is 11.7. The number of H-pyrrole nitrogens is 1. The Morgan fingerprint density at radius 1 is 1.20 bits per heavy atom. The van der Waals surface area contributed by atoms with Gasteiger partial charge in [0.2, 0.25) is 0 Å². The number of benzene rings is 1. The van der Waals surface area contributed by atoms with Crippen LogP contribution in [0.4, 0.5) is 29.1 Å². The number of ether oxygens (including phenoxy) is 1. The Labute approximate surface area is 225 Å². The maximum Gasteiger partial charge on any atom is 0.423 e. The van der Waals surface area contributed by atoms with Crippen LogP contribution in [0.3, 0.4) is 0 Å². The zero-order valence-electron chi connectivity index (χ0n) is 21.9. The first kappa shape index (κ1) is 28.5. The molecule has 3 heterocycles. The summed E-state index contributed by atoms with van der Waals surface area (Å²) >= 11 is 0. The van der Waals surface area contributed by atoms with E-state index in [0.29, 0.717) is 36.3 Å². The van der Waals surface area contributed by atoms with E-state index in [9.17, 15) is 22.8 Å². The predicted molar refractivity (Wildman–Crippen MR) is 142 cm³/mol. The number of rotatable bonds is 10. The van der Waals surface area contributed by atoms with Crippen LogP contribution in [0.1, 0.15) is 32.3 Å². The van der Waals surface area contributed by atoms with Gasteiger partial charge < -0.3 is 19.9 Å². The second-order valence-corrected chi connectivity index (χ2v) is 9.05. The average molecular weight is 562 g/mol. The quantitative estimate of drug-likeness (QED) is 0.243. The Balaban J connectivity index is 1.50. The average Bonchev–Trinajstić information content (AvgIpc) is 2.89. The first-order valence-electron chi connectivity index (χ1n) is 12.4. The van der Waals surface area contributed by atoms with Crippen molar-refractivity contribution >= 4 is 22.3 Å². The molecule has 40 heavy (non-hydrogen) atoms. The van der Waals surface area contributed by atoms with E-state index in [1.807, 2.05) is 6.92 Å². The van der Waals surface area contributed by atoms with E-state index in [1.165, 1.54) is 23.9 Å². The highest BCUT2D eigenvalue weighted by atomic mass is 19.4. The summed E-state index contributed by atoms with van der Waals surface area (Å²) < 4.78 is 61.6. The van der Waals surface area contributed by atoms with Crippen LogP contribution in [0.5, 0.6) is 5.75 Å². The predicted octanol–water partition coefficient (Wildman–Crippen LogP) is 4.42. The molecule has 3 N–H and O–H groups in total. The highest BCUT2D eigenvalue weighted by Crippen LogP contribution is 2.32. The molecule has 0 saturated heterocycles. The van der Waals surface area contributed by atoms with Crippen LogP contribution in [-0.2, 0) is 12.7 Å². The standard InChI is InChI=1S/C26H27F4N7O3/c1-4-31-23-20(40-3)13-32-22(35-23)17-10-15-7-9-37(25(39)16(15)11-18(17)27)8-5-6-14(2)34-19-12-33-36-24(38)21(19)26(28,29)30/h7,9-14H,4-6,8H2,1-3H3,(H,31,32,35)(H2,34,36,38). The van der Waals surface area contributed by atoms with Gasteiger partial charge in [-0.25, -0.2) is 19.5 Å². The molecule has 4 aromatic rings. The van der Waals surface area contributed by atoms with Crippen LogP contribution in [0, 0.1) is 5.82 Å². The Kier molecular flexibility index (Phi) is 8.35. The number of aryl methyl sites for hydroxylation is 1. The molecule has 212 valence electrons. The van der Waals surface area contributed by atoms with E-state index in [2.05, 4.69) is 25.7 Å². The minimum absolute atomic E-state index is 0.124. The van der Waals surface area contributed by atoms with Crippen molar-refractivity contribution in [3.05, 3.63) is 68.9 Å². The fraction of sp³-hybridized carbons (Fsp3) is 0.346. The molecule has 0 radical (unpaired) electrons. The number of methoxy groups -OCH3 is 1. The third-order valence-electron chi connectivity index (χ3n) is 6.20. The molecule has 0 spiro atoms. The molecule has 14 heteroatoms. The molecule has 0 saturated carbocycles. The van der Waals surface area contributed by atoms with Gasteiger partial charge in [0.15, 0.2) is 17.4 Å². The number of hydrogen-bond acceptors (Lipinski definition) is 8. The van der Waals surface area contributed by atoms with Gasteiger partial charge in [-0.15, -0.1) is 0 Å². The lowest BCUT2D eigenvalue weighted by molar-refractivity contribution is -0.138. The van der Waals surface area contributed by atoms with E-state index < -0.39 is 40.4 Å². The summed E-state index contributed by atoms with van der Waals surface area (Å²) in [6.45, 7) is 4.35. The summed E-state index contributed by atoms with van der Waals surface area (Å²) in [6, 6.07) is 3.87. The number of nitrogens with zero attached hydrogens (tertiary/aromatic N) is 4. The fourth-order valence-electron chi connectivity index (χ4n) is 4.29. The van der Waals surface area contributed by atoms with Gasteiger partial charge in [0.1, 0.15) is 11.4 Å². The normalized spacial score (nSPS) is 12.4. The van der Waals surface area contributed by atoms with E-state index in [-0.39, 0.29) is 23.3 Å². The van der Waals surface area contributed by atoms with Crippen molar-refractivity contribution in [2.24, 2.45) is 0 Å². The molecule has 0 aliphatic rings. The van der Waals surface area contributed by atoms with Crippen molar-refractivity contribution in [1.29, 1.82) is 0 Å². The SMILES string of the molecule is CCNc1nc(-c2cc3ccn(CCCC(C)Nc4cn[nH]c(=O)c4C(F)(F)F)c(=O)c3cc2F)ncc1OC. The van der Waals surface area contributed by atoms with Crippen LogP contribution in [0.15, 0.2) is 46.4 Å². The third-order valence-corrected chi connectivity index (χ3v) is 6.20. The summed E-state index contributed by atoms with van der Waals surface area (Å²) in [6.07, 6.45) is -0.120. The highest BCUT2D eigenvalue weighted by molar-refractivity contribution is 5.86. The number of halogens is 4. The Morgan fingerprint density at radius 3 is 2.67 bits per heavy atom. The monoisotopic (exact) mass is 561 g/mol. The molecule has 1 unspecified atom stereocenters. The van der Waals surface area contributed by atoms with Crippen molar-refractivity contribution in [3.8, 4) is 17.1 Å². The minimum atomic E-state index is -4.85. The minimum Gasteiger partial charge on any atom is -0.491 e. The molecule has 0 fully saturated rings. The molecule has 3 aromatic heterocycles. The van der Waals surface area contributed by atoms with Crippen molar-refractivity contribution in [2.75, 3.05) is 24.3 Å². The number of fused-ring (bicyclic) bond motifs is 1. The number of aromatic nitrogens is 5. The summed E-state index contributed by atoms with van der Waals surface area (Å²) in [7, 11) is 1.48. The lowest BCUT2D eigenvalue weighted by Crippen LogP contribution is -2.27. The maximum absolute atomic E-state index is 15.1. The van der Waals surface area contributed by atoms with Gasteiger partial charge in [-0.3, -0.25) is 9.59 Å². The number of nitrogens with one attached hydrogen (secondary N) is 3. The Hall–Kier alpha value is -4.49. The van der Waals surface area contributed by atoms with Crippen molar-refractivity contribution in [2.45, 2.75) is 45.5 Å². The van der Waals surface area contributed by atoms with Crippen LogP contribution in [0.2, 0.25) is 0 Å². The number of aromatic amines is 1. The molecule has 10 nitrogen and oxygen atoms in total. The summed E-state index contributed by atoms with van der Waals surface area (Å²) in [5.74, 6) is 0.290. The molecular formula is C26H27F4N7O3. The molecular weight excluding hydrogens is 534 g/mol. The molecule has 4 rings (SSSR count). The van der Waals surface area contributed by atoms with Crippen molar-refractivity contribution < 1.29 is 22.3 Å². The van der Waals surface area contributed by atoms with Crippen LogP contribution < -0.4 is 26.5 Å². The molecule has 1 atom stereocenters. The zero-order chi connectivity index (χ0) is 29.0. The van der Waals surface area contributed by atoms with E-state index >= 15 is 4.39 Å². The first-order chi connectivity index (χ1) is 19.0. The molecule has 0 aliphatic carbocycles. The Morgan fingerprint density at radius 2 is 1.98 bits per heavy atom. The Bertz CT molecular complexity index is 1640. The van der Waals surface area contributed by atoms with Crippen molar-refractivity contribution in [1.82, 2.24) is 24.7 Å². The molecule has 0 bridgehead atoms. The van der Waals surface area contributed by atoms with Gasteiger partial charge in [-0.05, 0) is 50.3 Å².